The predicted molar refractivity (Wildman–Crippen MR) is 63.9 cm³/mol. The molecule has 0 radical (unpaired) electrons. The number of hydrogen-bond acceptors (Lipinski definition) is 1. The molecule has 1 rings (SSSR count). The van der Waals surface area contributed by atoms with Crippen LogP contribution in [0.4, 0.5) is 0 Å². The van der Waals surface area contributed by atoms with Crippen LogP contribution in [0.15, 0.2) is 42.1 Å². The van der Waals surface area contributed by atoms with Crippen molar-refractivity contribution in [3.8, 4) is 0 Å². The highest BCUT2D eigenvalue weighted by molar-refractivity contribution is 6.81. The van der Waals surface area contributed by atoms with Crippen LogP contribution in [0.3, 0.4) is 0 Å². The fourth-order valence-corrected chi connectivity index (χ4v) is 3.70. The smallest absolute Gasteiger partial charge is 0.0757 e. The Morgan fingerprint density at radius 2 is 1.86 bits per heavy atom. The Morgan fingerprint density at radius 1 is 1.21 bits per heavy atom. The molecule has 0 amide bonds. The van der Waals surface area contributed by atoms with Crippen molar-refractivity contribution in [2.45, 2.75) is 19.1 Å². The molecule has 0 saturated carbocycles. The van der Waals surface area contributed by atoms with E-state index in [-0.39, 0.29) is 6.61 Å². The molecular formula is C12H18OSi. The van der Waals surface area contributed by atoms with Crippen molar-refractivity contribution in [1.29, 1.82) is 0 Å². The predicted octanol–water partition coefficient (Wildman–Crippen LogP) is 2.56. The second kappa shape index (κ2) is 5.13. The maximum absolute atomic E-state index is 8.73. The van der Waals surface area contributed by atoms with Gasteiger partial charge in [0, 0.05) is 0 Å². The summed E-state index contributed by atoms with van der Waals surface area (Å²) < 4.78 is 0. The van der Waals surface area contributed by atoms with E-state index in [0.717, 1.165) is 6.04 Å². The van der Waals surface area contributed by atoms with Gasteiger partial charge in [-0.1, -0.05) is 60.8 Å². The summed E-state index contributed by atoms with van der Waals surface area (Å²) in [6.45, 7) is 4.78. The van der Waals surface area contributed by atoms with Crippen LogP contribution < -0.4 is 0 Å². The van der Waals surface area contributed by atoms with Gasteiger partial charge in [0.25, 0.3) is 0 Å². The van der Waals surface area contributed by atoms with Crippen molar-refractivity contribution < 1.29 is 5.11 Å². The van der Waals surface area contributed by atoms with Gasteiger partial charge in [0.05, 0.1) is 14.7 Å². The van der Waals surface area contributed by atoms with Gasteiger partial charge in [0.1, 0.15) is 0 Å². The number of benzene rings is 1. The maximum Gasteiger partial charge on any atom is 0.0757 e. The van der Waals surface area contributed by atoms with E-state index in [4.69, 9.17) is 5.11 Å². The molecule has 0 aliphatic carbocycles. The summed E-state index contributed by atoms with van der Waals surface area (Å²) in [5.41, 5.74) is 3.60. The third-order valence-corrected chi connectivity index (χ3v) is 4.63. The first kappa shape index (κ1) is 11.2. The molecule has 1 aromatic carbocycles. The van der Waals surface area contributed by atoms with Gasteiger partial charge in [-0.05, 0) is 6.04 Å². The van der Waals surface area contributed by atoms with Crippen LogP contribution in [0.1, 0.15) is 5.56 Å². The van der Waals surface area contributed by atoms with Crippen molar-refractivity contribution >= 4 is 8.07 Å². The van der Waals surface area contributed by atoms with E-state index >= 15 is 0 Å². The first-order valence-corrected chi connectivity index (χ1v) is 8.25. The second-order valence-corrected chi connectivity index (χ2v) is 8.90. The molecule has 14 heavy (non-hydrogen) atoms. The third kappa shape index (κ3) is 3.90. The Balaban J connectivity index is 2.63. The standard InChI is InChI=1S/C12H18OSi/c1-14(2,10-6-9-13)11-12-7-4-3-5-8-12/h3-8,10,13H,9,11H2,1-2H3/b10-6-. The van der Waals surface area contributed by atoms with E-state index in [2.05, 4.69) is 43.1 Å². The minimum Gasteiger partial charge on any atom is -0.392 e. The van der Waals surface area contributed by atoms with Gasteiger partial charge in [-0.2, -0.15) is 0 Å². The zero-order chi connectivity index (χ0) is 10.4. The van der Waals surface area contributed by atoms with Crippen LogP contribution in [0.5, 0.6) is 0 Å². The van der Waals surface area contributed by atoms with Crippen molar-refractivity contribution in [3.05, 3.63) is 47.7 Å². The lowest BCUT2D eigenvalue weighted by molar-refractivity contribution is 0.343. The molecule has 0 heterocycles. The largest absolute Gasteiger partial charge is 0.392 e. The Kier molecular flexibility index (Phi) is 4.11. The van der Waals surface area contributed by atoms with E-state index < -0.39 is 8.07 Å². The summed E-state index contributed by atoms with van der Waals surface area (Å²) >= 11 is 0. The number of rotatable bonds is 4. The van der Waals surface area contributed by atoms with Gasteiger partial charge in [-0.25, -0.2) is 0 Å². The molecule has 0 fully saturated rings. The highest BCUT2D eigenvalue weighted by atomic mass is 28.3. The minimum absolute atomic E-state index is 0.158. The van der Waals surface area contributed by atoms with Gasteiger partial charge in [-0.3, -0.25) is 0 Å². The molecule has 0 unspecified atom stereocenters. The van der Waals surface area contributed by atoms with Crippen molar-refractivity contribution in [2.75, 3.05) is 6.61 Å². The van der Waals surface area contributed by atoms with E-state index in [1.54, 1.807) is 0 Å². The summed E-state index contributed by atoms with van der Waals surface area (Å²) in [6, 6.07) is 11.7. The second-order valence-electron chi connectivity index (χ2n) is 4.24. The first-order chi connectivity index (χ1) is 6.64. The molecule has 0 aliphatic rings. The van der Waals surface area contributed by atoms with Gasteiger partial charge < -0.3 is 5.11 Å². The quantitative estimate of drug-likeness (QED) is 0.751. The number of aliphatic hydroxyl groups excluding tert-OH is 1. The summed E-state index contributed by atoms with van der Waals surface area (Å²) in [6.07, 6.45) is 1.87. The van der Waals surface area contributed by atoms with Gasteiger partial charge in [0.2, 0.25) is 0 Å². The molecule has 1 aromatic rings. The molecular weight excluding hydrogens is 188 g/mol. The molecule has 0 bridgehead atoms. The van der Waals surface area contributed by atoms with Gasteiger partial charge in [0.15, 0.2) is 0 Å². The van der Waals surface area contributed by atoms with Gasteiger partial charge >= 0.3 is 0 Å². The van der Waals surface area contributed by atoms with E-state index in [1.807, 2.05) is 12.1 Å². The summed E-state index contributed by atoms with van der Waals surface area (Å²) in [7, 11) is -1.31. The van der Waals surface area contributed by atoms with Crippen LogP contribution in [-0.2, 0) is 6.04 Å². The fraction of sp³-hybridized carbons (Fsp3) is 0.333. The normalized spacial score (nSPS) is 12.2. The topological polar surface area (TPSA) is 20.2 Å². The van der Waals surface area contributed by atoms with Crippen molar-refractivity contribution in [3.63, 3.8) is 0 Å². The molecule has 2 heteroatoms. The third-order valence-electron chi connectivity index (χ3n) is 2.18. The summed E-state index contributed by atoms with van der Waals surface area (Å²) in [5, 5.41) is 8.73. The summed E-state index contributed by atoms with van der Waals surface area (Å²) in [4.78, 5) is 0. The highest BCUT2D eigenvalue weighted by Gasteiger charge is 2.16. The van der Waals surface area contributed by atoms with Crippen molar-refractivity contribution in [1.82, 2.24) is 0 Å². The average Bonchev–Trinajstić information content (AvgIpc) is 2.16. The Bertz CT molecular complexity index is 290. The van der Waals surface area contributed by atoms with Crippen LogP contribution in [0, 0.1) is 0 Å². The first-order valence-electron chi connectivity index (χ1n) is 4.96. The molecule has 76 valence electrons. The summed E-state index contributed by atoms with van der Waals surface area (Å²) in [5.74, 6) is 0. The minimum atomic E-state index is -1.31. The maximum atomic E-state index is 8.73. The lowest BCUT2D eigenvalue weighted by atomic mass is 10.2. The molecule has 0 atom stereocenters. The zero-order valence-corrected chi connectivity index (χ0v) is 9.90. The molecule has 0 aromatic heterocycles. The Hall–Kier alpha value is -0.863. The Labute approximate surface area is 87.1 Å². The van der Waals surface area contributed by atoms with Crippen LogP contribution in [0.2, 0.25) is 13.1 Å². The zero-order valence-electron chi connectivity index (χ0n) is 8.90. The van der Waals surface area contributed by atoms with Gasteiger partial charge in [-0.15, -0.1) is 0 Å². The lowest BCUT2D eigenvalue weighted by Gasteiger charge is -2.17. The van der Waals surface area contributed by atoms with E-state index in [9.17, 15) is 0 Å². The number of aliphatic hydroxyl groups is 1. The van der Waals surface area contributed by atoms with E-state index in [1.165, 1.54) is 5.56 Å². The lowest BCUT2D eigenvalue weighted by Crippen LogP contribution is -2.26. The highest BCUT2D eigenvalue weighted by Crippen LogP contribution is 2.12. The Morgan fingerprint density at radius 3 is 2.43 bits per heavy atom. The van der Waals surface area contributed by atoms with E-state index in [0.29, 0.717) is 0 Å². The number of hydrogen-bond donors (Lipinski definition) is 1. The SMILES string of the molecule is C[Si](C)(/C=C\CO)Cc1ccccc1. The van der Waals surface area contributed by atoms with Crippen molar-refractivity contribution in [2.24, 2.45) is 0 Å². The molecule has 1 N–H and O–H groups in total. The average molecular weight is 206 g/mol. The fourth-order valence-electron chi connectivity index (χ4n) is 1.55. The molecule has 0 spiro atoms. The van der Waals surface area contributed by atoms with Crippen LogP contribution >= 0.6 is 0 Å². The van der Waals surface area contributed by atoms with Crippen LogP contribution in [-0.4, -0.2) is 19.8 Å². The monoisotopic (exact) mass is 206 g/mol. The van der Waals surface area contributed by atoms with Crippen LogP contribution in [0.25, 0.3) is 0 Å². The molecule has 1 nitrogen and oxygen atoms in total. The molecule has 0 saturated heterocycles. The molecule has 0 aliphatic heterocycles.